The summed E-state index contributed by atoms with van der Waals surface area (Å²) in [4.78, 5) is 15.8. The summed E-state index contributed by atoms with van der Waals surface area (Å²) in [5, 5.41) is 9.09. The van der Waals surface area contributed by atoms with Crippen molar-refractivity contribution in [2.24, 2.45) is 0 Å². The SMILES string of the molecule is Nc1nc(=O)n(C2CC[C@H](CO)O2)cc1-c1ccco1. The first-order valence-corrected chi connectivity index (χ1v) is 6.38. The van der Waals surface area contributed by atoms with Crippen molar-refractivity contribution >= 4 is 5.82 Å². The molecule has 3 rings (SSSR count). The summed E-state index contributed by atoms with van der Waals surface area (Å²) in [6.45, 7) is -0.0569. The molecule has 1 fully saturated rings. The molecule has 1 aliphatic heterocycles. The van der Waals surface area contributed by atoms with Gasteiger partial charge in [0.1, 0.15) is 17.8 Å². The maximum atomic E-state index is 11.9. The smallest absolute Gasteiger partial charge is 0.351 e. The summed E-state index contributed by atoms with van der Waals surface area (Å²) < 4.78 is 12.3. The molecule has 3 N–H and O–H groups in total. The van der Waals surface area contributed by atoms with E-state index in [4.69, 9.17) is 20.0 Å². The number of furan rings is 1. The lowest BCUT2D eigenvalue weighted by molar-refractivity contribution is -0.0244. The van der Waals surface area contributed by atoms with Crippen LogP contribution in [0.1, 0.15) is 19.1 Å². The van der Waals surface area contributed by atoms with Crippen LogP contribution in [0.15, 0.2) is 33.8 Å². The number of hydrogen-bond donors (Lipinski definition) is 2. The van der Waals surface area contributed by atoms with Gasteiger partial charge >= 0.3 is 5.69 Å². The third kappa shape index (κ3) is 2.21. The van der Waals surface area contributed by atoms with E-state index in [1.165, 1.54) is 10.8 Å². The standard InChI is InChI=1S/C13H15N3O4/c14-12-9(10-2-1-5-19-10)6-16(13(18)15-12)11-4-3-8(7-17)20-11/h1-2,5-6,8,11,17H,3-4,7H2,(H2,14,15,18)/t8-,11?/m1/s1. The molecule has 0 radical (unpaired) electrons. The van der Waals surface area contributed by atoms with Crippen molar-refractivity contribution in [2.45, 2.75) is 25.2 Å². The Kier molecular flexibility index (Phi) is 3.29. The Hall–Kier alpha value is -2.12. The van der Waals surface area contributed by atoms with Gasteiger partial charge in [0, 0.05) is 6.20 Å². The average molecular weight is 277 g/mol. The molecule has 20 heavy (non-hydrogen) atoms. The number of aliphatic hydroxyl groups excluding tert-OH is 1. The Morgan fingerprint density at radius 2 is 2.35 bits per heavy atom. The van der Waals surface area contributed by atoms with E-state index >= 15 is 0 Å². The summed E-state index contributed by atoms with van der Waals surface area (Å²) >= 11 is 0. The maximum absolute atomic E-state index is 11.9. The first kappa shape index (κ1) is 12.9. The van der Waals surface area contributed by atoms with Gasteiger partial charge in [-0.15, -0.1) is 0 Å². The monoisotopic (exact) mass is 277 g/mol. The Labute approximate surface area is 114 Å². The van der Waals surface area contributed by atoms with Crippen LogP contribution in [-0.2, 0) is 4.74 Å². The number of aliphatic hydroxyl groups is 1. The number of nitrogens with two attached hydrogens (primary N) is 1. The molecule has 0 spiro atoms. The van der Waals surface area contributed by atoms with Crippen molar-refractivity contribution < 1.29 is 14.3 Å². The maximum Gasteiger partial charge on any atom is 0.351 e. The minimum absolute atomic E-state index is 0.0569. The molecule has 1 saturated heterocycles. The molecule has 2 aromatic heterocycles. The third-order valence-corrected chi connectivity index (χ3v) is 3.37. The fourth-order valence-corrected chi connectivity index (χ4v) is 2.34. The van der Waals surface area contributed by atoms with E-state index in [-0.39, 0.29) is 18.5 Å². The number of aromatic nitrogens is 2. The molecule has 2 atom stereocenters. The van der Waals surface area contributed by atoms with E-state index in [2.05, 4.69) is 4.98 Å². The van der Waals surface area contributed by atoms with Gasteiger partial charge < -0.3 is 20.0 Å². The van der Waals surface area contributed by atoms with Gasteiger partial charge in [0.25, 0.3) is 0 Å². The zero-order valence-corrected chi connectivity index (χ0v) is 10.7. The lowest BCUT2D eigenvalue weighted by Gasteiger charge is -2.16. The van der Waals surface area contributed by atoms with Gasteiger partial charge in [-0.25, -0.2) is 4.79 Å². The summed E-state index contributed by atoms with van der Waals surface area (Å²) in [5.41, 5.74) is 5.84. The first-order chi connectivity index (χ1) is 9.69. The Bertz CT molecular complexity index is 650. The quantitative estimate of drug-likeness (QED) is 0.858. The minimum atomic E-state index is -0.471. The lowest BCUT2D eigenvalue weighted by Crippen LogP contribution is -2.28. The number of nitrogens with zero attached hydrogens (tertiary/aromatic N) is 2. The Morgan fingerprint density at radius 3 is 3.00 bits per heavy atom. The van der Waals surface area contributed by atoms with Crippen molar-refractivity contribution in [2.75, 3.05) is 12.3 Å². The predicted molar refractivity (Wildman–Crippen MR) is 70.8 cm³/mol. The van der Waals surface area contributed by atoms with Crippen molar-refractivity contribution in [1.82, 2.24) is 9.55 Å². The summed E-state index contributed by atoms with van der Waals surface area (Å²) in [5.74, 6) is 0.665. The first-order valence-electron chi connectivity index (χ1n) is 6.38. The second-order valence-electron chi connectivity index (χ2n) is 4.68. The molecule has 3 heterocycles. The van der Waals surface area contributed by atoms with Crippen molar-refractivity contribution in [3.05, 3.63) is 35.1 Å². The highest BCUT2D eigenvalue weighted by Gasteiger charge is 2.27. The molecule has 0 bridgehead atoms. The van der Waals surface area contributed by atoms with Crippen molar-refractivity contribution in [3.63, 3.8) is 0 Å². The molecule has 0 aliphatic carbocycles. The lowest BCUT2D eigenvalue weighted by atomic mass is 10.2. The van der Waals surface area contributed by atoms with Crippen LogP contribution in [0.5, 0.6) is 0 Å². The minimum Gasteiger partial charge on any atom is -0.464 e. The normalized spacial score (nSPS) is 22.2. The van der Waals surface area contributed by atoms with Crippen LogP contribution < -0.4 is 11.4 Å². The molecule has 106 valence electrons. The van der Waals surface area contributed by atoms with Crippen LogP contribution >= 0.6 is 0 Å². The molecule has 1 unspecified atom stereocenters. The second kappa shape index (κ2) is 5.10. The van der Waals surface area contributed by atoms with Gasteiger partial charge in [-0.3, -0.25) is 4.57 Å². The molecule has 0 aromatic carbocycles. The fourth-order valence-electron chi connectivity index (χ4n) is 2.34. The van der Waals surface area contributed by atoms with E-state index in [1.807, 2.05) is 0 Å². The Morgan fingerprint density at radius 1 is 1.50 bits per heavy atom. The van der Waals surface area contributed by atoms with E-state index in [9.17, 15) is 4.79 Å². The van der Waals surface area contributed by atoms with Gasteiger partial charge in [-0.05, 0) is 25.0 Å². The van der Waals surface area contributed by atoms with E-state index in [0.717, 1.165) is 0 Å². The zero-order chi connectivity index (χ0) is 14.1. The number of nitrogen functional groups attached to an aromatic ring is 1. The molecule has 7 nitrogen and oxygen atoms in total. The van der Waals surface area contributed by atoms with Gasteiger partial charge in [-0.1, -0.05) is 0 Å². The van der Waals surface area contributed by atoms with E-state index < -0.39 is 11.9 Å². The van der Waals surface area contributed by atoms with Crippen LogP contribution in [0, 0.1) is 0 Å². The molecule has 7 heteroatoms. The highest BCUT2D eigenvalue weighted by molar-refractivity contribution is 5.68. The number of rotatable bonds is 3. The fraction of sp³-hybridized carbons (Fsp3) is 0.385. The van der Waals surface area contributed by atoms with Crippen molar-refractivity contribution in [3.8, 4) is 11.3 Å². The number of ether oxygens (including phenoxy) is 1. The van der Waals surface area contributed by atoms with Crippen LogP contribution in [0.2, 0.25) is 0 Å². The highest BCUT2D eigenvalue weighted by atomic mass is 16.5. The van der Waals surface area contributed by atoms with Crippen LogP contribution in [-0.4, -0.2) is 27.4 Å². The second-order valence-corrected chi connectivity index (χ2v) is 4.68. The predicted octanol–water partition coefficient (Wildman–Crippen LogP) is 0.755. The summed E-state index contributed by atoms with van der Waals surface area (Å²) in [6.07, 6.45) is 3.80. The number of hydrogen-bond acceptors (Lipinski definition) is 6. The number of anilines is 1. The summed E-state index contributed by atoms with van der Waals surface area (Å²) in [6, 6.07) is 3.48. The van der Waals surface area contributed by atoms with Gasteiger partial charge in [0.05, 0.1) is 24.5 Å². The molecule has 2 aromatic rings. The van der Waals surface area contributed by atoms with E-state index in [1.54, 1.807) is 18.3 Å². The molecule has 1 aliphatic rings. The molecule has 0 saturated carbocycles. The molecular weight excluding hydrogens is 262 g/mol. The Balaban J connectivity index is 2.00. The largest absolute Gasteiger partial charge is 0.464 e. The van der Waals surface area contributed by atoms with Crippen LogP contribution in [0.4, 0.5) is 5.82 Å². The van der Waals surface area contributed by atoms with Gasteiger partial charge in [0.15, 0.2) is 0 Å². The van der Waals surface area contributed by atoms with Gasteiger partial charge in [-0.2, -0.15) is 4.98 Å². The molecular formula is C13H15N3O4. The topological polar surface area (TPSA) is 104 Å². The zero-order valence-electron chi connectivity index (χ0n) is 10.7. The van der Waals surface area contributed by atoms with Crippen LogP contribution in [0.3, 0.4) is 0 Å². The van der Waals surface area contributed by atoms with Crippen molar-refractivity contribution in [1.29, 1.82) is 0 Å². The van der Waals surface area contributed by atoms with Crippen LogP contribution in [0.25, 0.3) is 11.3 Å². The molecule has 0 amide bonds. The highest BCUT2D eigenvalue weighted by Crippen LogP contribution is 2.29. The van der Waals surface area contributed by atoms with Gasteiger partial charge in [0.2, 0.25) is 0 Å². The summed E-state index contributed by atoms with van der Waals surface area (Å²) in [7, 11) is 0. The third-order valence-electron chi connectivity index (χ3n) is 3.37. The van der Waals surface area contributed by atoms with E-state index in [0.29, 0.717) is 24.2 Å². The average Bonchev–Trinajstić information content (AvgIpc) is 3.09.